The smallest absolute Gasteiger partial charge is 0.274 e. The predicted octanol–water partition coefficient (Wildman–Crippen LogP) is 1.50. The molecule has 5 nitrogen and oxygen atoms in total. The average molecular weight is 276 g/mol. The molecule has 0 radical (unpaired) electrons. The molecule has 1 aromatic rings. The van der Waals surface area contributed by atoms with Gasteiger partial charge in [0, 0.05) is 23.8 Å². The van der Waals surface area contributed by atoms with Crippen molar-refractivity contribution >= 4 is 5.91 Å². The van der Waals surface area contributed by atoms with Gasteiger partial charge in [0.25, 0.3) is 5.91 Å². The van der Waals surface area contributed by atoms with Crippen molar-refractivity contribution in [1.29, 1.82) is 0 Å². The molecule has 1 aliphatic carbocycles. The van der Waals surface area contributed by atoms with E-state index in [1.54, 1.807) is 0 Å². The lowest BCUT2D eigenvalue weighted by Gasteiger charge is -2.34. The number of nitrogens with one attached hydrogen (secondary N) is 2. The quantitative estimate of drug-likeness (QED) is 0.876. The van der Waals surface area contributed by atoms with Gasteiger partial charge in [-0.2, -0.15) is 5.10 Å². The van der Waals surface area contributed by atoms with Crippen molar-refractivity contribution in [2.75, 3.05) is 19.6 Å². The van der Waals surface area contributed by atoms with Crippen LogP contribution in [0.3, 0.4) is 0 Å². The van der Waals surface area contributed by atoms with Gasteiger partial charge >= 0.3 is 0 Å². The third kappa shape index (κ3) is 2.46. The molecule has 0 atom stereocenters. The van der Waals surface area contributed by atoms with E-state index in [1.807, 2.05) is 0 Å². The minimum atomic E-state index is 0.137. The Morgan fingerprint density at radius 2 is 2.15 bits per heavy atom. The lowest BCUT2D eigenvalue weighted by atomic mass is 10.0. The van der Waals surface area contributed by atoms with E-state index in [2.05, 4.69) is 27.3 Å². The summed E-state index contributed by atoms with van der Waals surface area (Å²) in [4.78, 5) is 14.9. The molecule has 110 valence electrons. The van der Waals surface area contributed by atoms with Gasteiger partial charge in [0.2, 0.25) is 0 Å². The Balaban J connectivity index is 1.80. The molecule has 2 heterocycles. The molecule has 1 aliphatic heterocycles. The van der Waals surface area contributed by atoms with Crippen LogP contribution in [0.1, 0.15) is 54.4 Å². The Bertz CT molecular complexity index is 476. The zero-order chi connectivity index (χ0) is 13.9. The van der Waals surface area contributed by atoms with Crippen LogP contribution >= 0.6 is 0 Å². The Hall–Kier alpha value is -1.36. The minimum absolute atomic E-state index is 0.137. The summed E-state index contributed by atoms with van der Waals surface area (Å²) in [6, 6.07) is 0.373. The molecule has 1 saturated heterocycles. The number of aromatic amines is 1. The molecule has 0 unspecified atom stereocenters. The Labute approximate surface area is 120 Å². The van der Waals surface area contributed by atoms with Crippen molar-refractivity contribution < 1.29 is 4.79 Å². The van der Waals surface area contributed by atoms with Crippen molar-refractivity contribution in [3.8, 4) is 0 Å². The van der Waals surface area contributed by atoms with Crippen molar-refractivity contribution in [3.63, 3.8) is 0 Å². The van der Waals surface area contributed by atoms with Gasteiger partial charge in [0.15, 0.2) is 5.69 Å². The van der Waals surface area contributed by atoms with Gasteiger partial charge in [0.1, 0.15) is 0 Å². The van der Waals surface area contributed by atoms with Crippen LogP contribution in [-0.2, 0) is 12.8 Å². The highest BCUT2D eigenvalue weighted by Gasteiger charge is 2.30. The van der Waals surface area contributed by atoms with Crippen molar-refractivity contribution in [2.24, 2.45) is 0 Å². The zero-order valence-electron chi connectivity index (χ0n) is 12.2. The average Bonchev–Trinajstić information content (AvgIpc) is 3.08. The van der Waals surface area contributed by atoms with Crippen molar-refractivity contribution in [2.45, 2.75) is 51.5 Å². The molecule has 1 amide bonds. The molecule has 3 rings (SSSR count). The summed E-state index contributed by atoms with van der Waals surface area (Å²) in [5.41, 5.74) is 3.03. The van der Waals surface area contributed by atoms with Crippen LogP contribution in [0, 0.1) is 0 Å². The van der Waals surface area contributed by atoms with Crippen LogP contribution < -0.4 is 5.32 Å². The summed E-state index contributed by atoms with van der Waals surface area (Å²) in [5.74, 6) is 0.137. The van der Waals surface area contributed by atoms with Gasteiger partial charge in [-0.1, -0.05) is 6.92 Å². The second-order valence-corrected chi connectivity index (χ2v) is 5.86. The number of piperidine rings is 1. The first kappa shape index (κ1) is 13.6. The van der Waals surface area contributed by atoms with E-state index in [-0.39, 0.29) is 5.91 Å². The van der Waals surface area contributed by atoms with Crippen LogP contribution in [0.5, 0.6) is 0 Å². The molecule has 5 heteroatoms. The lowest BCUT2D eigenvalue weighted by Crippen LogP contribution is -2.46. The third-order valence-corrected chi connectivity index (χ3v) is 4.48. The van der Waals surface area contributed by atoms with E-state index in [9.17, 15) is 4.79 Å². The van der Waals surface area contributed by atoms with Crippen molar-refractivity contribution in [1.82, 2.24) is 20.4 Å². The standard InChI is InChI=1S/C15H24N4O/c1-2-10-19(11-6-8-16-9-7-11)15(20)14-12-4-3-5-13(12)17-18-14/h11,16H,2-10H2,1H3,(H,17,18). The number of aromatic nitrogens is 2. The maximum atomic E-state index is 12.9. The third-order valence-electron chi connectivity index (χ3n) is 4.48. The highest BCUT2D eigenvalue weighted by Crippen LogP contribution is 2.25. The molecule has 2 N–H and O–H groups in total. The number of nitrogens with zero attached hydrogens (tertiary/aromatic N) is 2. The summed E-state index contributed by atoms with van der Waals surface area (Å²) in [5, 5.41) is 10.7. The highest BCUT2D eigenvalue weighted by molar-refractivity contribution is 5.94. The fourth-order valence-corrected chi connectivity index (χ4v) is 3.44. The minimum Gasteiger partial charge on any atom is -0.334 e. The first-order valence-electron chi connectivity index (χ1n) is 7.89. The number of aryl methyl sites for hydroxylation is 1. The topological polar surface area (TPSA) is 61.0 Å². The molecule has 1 fully saturated rings. The first-order valence-corrected chi connectivity index (χ1v) is 7.89. The van der Waals surface area contributed by atoms with E-state index in [1.165, 1.54) is 11.3 Å². The normalized spacial score (nSPS) is 19.1. The van der Waals surface area contributed by atoms with Crippen molar-refractivity contribution in [3.05, 3.63) is 17.0 Å². The molecular formula is C15H24N4O. The number of rotatable bonds is 4. The summed E-state index contributed by atoms with van der Waals surface area (Å²) >= 11 is 0. The Morgan fingerprint density at radius 3 is 2.90 bits per heavy atom. The summed E-state index contributed by atoms with van der Waals surface area (Å²) in [7, 11) is 0. The molecule has 2 aliphatic rings. The van der Waals surface area contributed by atoms with Gasteiger partial charge in [0.05, 0.1) is 0 Å². The van der Waals surface area contributed by atoms with Crippen LogP contribution in [-0.4, -0.2) is 46.7 Å². The number of carbonyl (C=O) groups is 1. The molecular weight excluding hydrogens is 252 g/mol. The fourth-order valence-electron chi connectivity index (χ4n) is 3.44. The molecule has 0 spiro atoms. The molecule has 0 aromatic carbocycles. The second kappa shape index (κ2) is 5.95. The van der Waals surface area contributed by atoms with E-state index in [0.29, 0.717) is 11.7 Å². The fraction of sp³-hybridized carbons (Fsp3) is 0.733. The van der Waals surface area contributed by atoms with Crippen LogP contribution in [0.15, 0.2) is 0 Å². The monoisotopic (exact) mass is 276 g/mol. The number of fused-ring (bicyclic) bond motifs is 1. The van der Waals surface area contributed by atoms with E-state index in [0.717, 1.165) is 58.2 Å². The number of carbonyl (C=O) groups excluding carboxylic acids is 1. The largest absolute Gasteiger partial charge is 0.334 e. The van der Waals surface area contributed by atoms with Gasteiger partial charge in [-0.3, -0.25) is 9.89 Å². The summed E-state index contributed by atoms with van der Waals surface area (Å²) in [6.45, 7) is 5.00. The molecule has 20 heavy (non-hydrogen) atoms. The molecule has 0 bridgehead atoms. The first-order chi connectivity index (χ1) is 9.81. The number of H-pyrrole nitrogens is 1. The van der Waals surface area contributed by atoms with Gasteiger partial charge in [-0.15, -0.1) is 0 Å². The van der Waals surface area contributed by atoms with E-state index < -0.39 is 0 Å². The number of hydrogen-bond acceptors (Lipinski definition) is 3. The Morgan fingerprint density at radius 1 is 1.35 bits per heavy atom. The second-order valence-electron chi connectivity index (χ2n) is 5.86. The van der Waals surface area contributed by atoms with E-state index in [4.69, 9.17) is 0 Å². The zero-order valence-corrected chi connectivity index (χ0v) is 12.2. The van der Waals surface area contributed by atoms with Gasteiger partial charge in [-0.05, 0) is 51.6 Å². The maximum absolute atomic E-state index is 12.9. The molecule has 0 saturated carbocycles. The Kier molecular flexibility index (Phi) is 4.05. The highest BCUT2D eigenvalue weighted by atomic mass is 16.2. The van der Waals surface area contributed by atoms with Crippen LogP contribution in [0.25, 0.3) is 0 Å². The molecule has 1 aromatic heterocycles. The predicted molar refractivity (Wildman–Crippen MR) is 77.8 cm³/mol. The maximum Gasteiger partial charge on any atom is 0.274 e. The van der Waals surface area contributed by atoms with Crippen LogP contribution in [0.4, 0.5) is 0 Å². The van der Waals surface area contributed by atoms with E-state index >= 15 is 0 Å². The van der Waals surface area contributed by atoms with Gasteiger partial charge < -0.3 is 10.2 Å². The van der Waals surface area contributed by atoms with Gasteiger partial charge in [-0.25, -0.2) is 0 Å². The number of hydrogen-bond donors (Lipinski definition) is 2. The number of amides is 1. The summed E-state index contributed by atoms with van der Waals surface area (Å²) in [6.07, 6.45) is 6.29. The SMILES string of the molecule is CCCN(C(=O)c1n[nH]c2c1CCC2)C1CCNCC1. The lowest BCUT2D eigenvalue weighted by molar-refractivity contribution is 0.0635. The van der Waals surface area contributed by atoms with Crippen LogP contribution in [0.2, 0.25) is 0 Å². The summed E-state index contributed by atoms with van der Waals surface area (Å²) < 4.78 is 0.